The van der Waals surface area contributed by atoms with Crippen molar-refractivity contribution in [1.82, 2.24) is 19.6 Å². The fraction of sp³-hybridized carbons (Fsp3) is 0.238. The minimum Gasteiger partial charge on any atom is -0.350 e. The molecule has 0 fully saturated rings. The van der Waals surface area contributed by atoms with E-state index in [-0.39, 0.29) is 30.7 Å². The second-order valence-corrected chi connectivity index (χ2v) is 6.89. The predicted molar refractivity (Wildman–Crippen MR) is 103 cm³/mol. The summed E-state index contributed by atoms with van der Waals surface area (Å²) in [5.74, 6) is -0.716. The van der Waals surface area contributed by atoms with Crippen molar-refractivity contribution < 1.29 is 14.4 Å². The highest BCUT2D eigenvalue weighted by molar-refractivity contribution is 6.21. The molecule has 0 saturated heterocycles. The smallest absolute Gasteiger partial charge is 0.261 e. The molecule has 1 N–H and O–H groups in total. The number of imidazole rings is 1. The standard InChI is InChI=1S/C21H20N4O3/c1-14-8-9-18-23-15(13-24(18)12-14)11-22-19(26)7-4-10-25-20(27)16-5-2-3-6-17(16)21(25)28/h2-3,5-6,8-9,12-13H,4,7,10-11H2,1H3,(H,22,26). The predicted octanol–water partition coefficient (Wildman–Crippen LogP) is 2.34. The monoisotopic (exact) mass is 376 g/mol. The Morgan fingerprint density at radius 3 is 2.46 bits per heavy atom. The Kier molecular flexibility index (Phi) is 4.65. The lowest BCUT2D eigenvalue weighted by Crippen LogP contribution is -2.32. The van der Waals surface area contributed by atoms with Crippen molar-refractivity contribution in [3.8, 4) is 0 Å². The Bertz CT molecular complexity index is 1050. The van der Waals surface area contributed by atoms with Crippen LogP contribution in [0.2, 0.25) is 0 Å². The van der Waals surface area contributed by atoms with Crippen LogP contribution in [0, 0.1) is 6.92 Å². The zero-order chi connectivity index (χ0) is 19.7. The van der Waals surface area contributed by atoms with Gasteiger partial charge >= 0.3 is 0 Å². The molecule has 1 aliphatic rings. The number of amides is 3. The minimum atomic E-state index is -0.291. The van der Waals surface area contributed by atoms with E-state index in [0.717, 1.165) is 16.9 Å². The SMILES string of the molecule is Cc1ccc2nc(CNC(=O)CCCN3C(=O)c4ccccc4C3=O)cn2c1. The molecule has 0 unspecified atom stereocenters. The summed E-state index contributed by atoms with van der Waals surface area (Å²) < 4.78 is 1.93. The summed E-state index contributed by atoms with van der Waals surface area (Å²) in [4.78, 5) is 42.4. The van der Waals surface area contributed by atoms with Gasteiger partial charge in [-0.2, -0.15) is 0 Å². The average Bonchev–Trinajstić information content (AvgIpc) is 3.20. The molecule has 3 aromatic rings. The molecular formula is C21H20N4O3. The Balaban J connectivity index is 1.27. The number of rotatable bonds is 6. The van der Waals surface area contributed by atoms with E-state index in [9.17, 15) is 14.4 Å². The van der Waals surface area contributed by atoms with Gasteiger partial charge in [-0.15, -0.1) is 0 Å². The summed E-state index contributed by atoms with van der Waals surface area (Å²) in [6, 6.07) is 10.7. The van der Waals surface area contributed by atoms with Gasteiger partial charge in [-0.25, -0.2) is 4.98 Å². The summed E-state index contributed by atoms with van der Waals surface area (Å²) >= 11 is 0. The van der Waals surface area contributed by atoms with Crippen LogP contribution in [0.25, 0.3) is 5.65 Å². The number of nitrogens with one attached hydrogen (secondary N) is 1. The first-order valence-electron chi connectivity index (χ1n) is 9.19. The molecule has 3 amide bonds. The van der Waals surface area contributed by atoms with Gasteiger partial charge in [0.2, 0.25) is 5.91 Å². The number of hydrogen-bond acceptors (Lipinski definition) is 4. The molecule has 2 aromatic heterocycles. The molecule has 3 heterocycles. The molecule has 7 heteroatoms. The third kappa shape index (κ3) is 3.38. The number of nitrogens with zero attached hydrogens (tertiary/aromatic N) is 3. The quantitative estimate of drug-likeness (QED) is 0.670. The Morgan fingerprint density at radius 2 is 1.75 bits per heavy atom. The molecule has 28 heavy (non-hydrogen) atoms. The lowest BCUT2D eigenvalue weighted by atomic mass is 10.1. The lowest BCUT2D eigenvalue weighted by molar-refractivity contribution is -0.121. The van der Waals surface area contributed by atoms with Crippen molar-refractivity contribution in [1.29, 1.82) is 0 Å². The van der Waals surface area contributed by atoms with Gasteiger partial charge in [0.1, 0.15) is 5.65 Å². The Morgan fingerprint density at radius 1 is 1.04 bits per heavy atom. The molecule has 7 nitrogen and oxygen atoms in total. The van der Waals surface area contributed by atoms with Crippen molar-refractivity contribution >= 4 is 23.4 Å². The van der Waals surface area contributed by atoms with Crippen LogP contribution < -0.4 is 5.32 Å². The van der Waals surface area contributed by atoms with Gasteiger partial charge in [-0.3, -0.25) is 19.3 Å². The van der Waals surface area contributed by atoms with E-state index in [1.807, 2.05) is 35.9 Å². The van der Waals surface area contributed by atoms with Crippen LogP contribution in [0.5, 0.6) is 0 Å². The normalized spacial score (nSPS) is 13.2. The van der Waals surface area contributed by atoms with E-state index in [1.165, 1.54) is 4.90 Å². The minimum absolute atomic E-state index is 0.134. The number of aromatic nitrogens is 2. The van der Waals surface area contributed by atoms with Crippen molar-refractivity contribution in [3.63, 3.8) is 0 Å². The van der Waals surface area contributed by atoms with Gasteiger partial charge in [0.05, 0.1) is 23.4 Å². The molecular weight excluding hydrogens is 356 g/mol. The summed E-state index contributed by atoms with van der Waals surface area (Å²) in [5, 5.41) is 2.84. The Labute approximate surface area is 162 Å². The Hall–Kier alpha value is -3.48. The molecule has 0 atom stereocenters. The highest BCUT2D eigenvalue weighted by Gasteiger charge is 2.34. The zero-order valence-corrected chi connectivity index (χ0v) is 15.5. The van der Waals surface area contributed by atoms with Crippen LogP contribution in [0.3, 0.4) is 0 Å². The number of carbonyl (C=O) groups excluding carboxylic acids is 3. The zero-order valence-electron chi connectivity index (χ0n) is 15.5. The molecule has 0 aliphatic carbocycles. The first-order chi connectivity index (χ1) is 13.5. The fourth-order valence-electron chi connectivity index (χ4n) is 3.36. The van der Waals surface area contributed by atoms with Crippen molar-refractivity contribution in [2.24, 2.45) is 0 Å². The maximum Gasteiger partial charge on any atom is 0.261 e. The van der Waals surface area contributed by atoms with Crippen LogP contribution in [0.4, 0.5) is 0 Å². The second kappa shape index (κ2) is 7.26. The summed E-state index contributed by atoms with van der Waals surface area (Å²) in [6.45, 7) is 2.58. The molecule has 142 valence electrons. The third-order valence-electron chi connectivity index (χ3n) is 4.78. The number of imide groups is 1. The number of aryl methyl sites for hydroxylation is 1. The second-order valence-electron chi connectivity index (χ2n) is 6.89. The van der Waals surface area contributed by atoms with E-state index in [1.54, 1.807) is 24.3 Å². The van der Waals surface area contributed by atoms with Gasteiger partial charge in [-0.05, 0) is 37.1 Å². The molecule has 1 aromatic carbocycles. The number of benzene rings is 1. The molecule has 0 bridgehead atoms. The van der Waals surface area contributed by atoms with Gasteiger partial charge in [0, 0.05) is 25.4 Å². The molecule has 0 saturated carbocycles. The van der Waals surface area contributed by atoms with Crippen LogP contribution >= 0.6 is 0 Å². The van der Waals surface area contributed by atoms with Crippen molar-refractivity contribution in [3.05, 3.63) is 71.2 Å². The first-order valence-corrected chi connectivity index (χ1v) is 9.19. The molecule has 4 rings (SSSR count). The van der Waals surface area contributed by atoms with Crippen LogP contribution in [-0.4, -0.2) is 38.6 Å². The van der Waals surface area contributed by atoms with Gasteiger partial charge < -0.3 is 9.72 Å². The van der Waals surface area contributed by atoms with Crippen molar-refractivity contribution in [2.75, 3.05) is 6.54 Å². The summed E-state index contributed by atoms with van der Waals surface area (Å²) in [7, 11) is 0. The van der Waals surface area contributed by atoms with Gasteiger partial charge in [-0.1, -0.05) is 18.2 Å². The average molecular weight is 376 g/mol. The number of fused-ring (bicyclic) bond motifs is 2. The van der Waals surface area contributed by atoms with Gasteiger partial charge in [0.15, 0.2) is 0 Å². The fourth-order valence-corrected chi connectivity index (χ4v) is 3.36. The van der Waals surface area contributed by atoms with E-state index in [0.29, 0.717) is 24.1 Å². The summed E-state index contributed by atoms with van der Waals surface area (Å²) in [5.41, 5.74) is 3.60. The van der Waals surface area contributed by atoms with E-state index in [2.05, 4.69) is 10.3 Å². The van der Waals surface area contributed by atoms with Gasteiger partial charge in [0.25, 0.3) is 11.8 Å². The number of pyridine rings is 1. The first kappa shape index (κ1) is 17.9. The summed E-state index contributed by atoms with van der Waals surface area (Å²) in [6.07, 6.45) is 4.53. The lowest BCUT2D eigenvalue weighted by Gasteiger charge is -2.13. The van der Waals surface area contributed by atoms with E-state index >= 15 is 0 Å². The maximum absolute atomic E-state index is 12.3. The van der Waals surface area contributed by atoms with E-state index < -0.39 is 0 Å². The largest absolute Gasteiger partial charge is 0.350 e. The highest BCUT2D eigenvalue weighted by Crippen LogP contribution is 2.22. The topological polar surface area (TPSA) is 83.8 Å². The maximum atomic E-state index is 12.3. The van der Waals surface area contributed by atoms with Crippen LogP contribution in [0.1, 0.15) is 44.8 Å². The van der Waals surface area contributed by atoms with Crippen LogP contribution in [-0.2, 0) is 11.3 Å². The van der Waals surface area contributed by atoms with Crippen molar-refractivity contribution in [2.45, 2.75) is 26.3 Å². The molecule has 0 radical (unpaired) electrons. The highest BCUT2D eigenvalue weighted by atomic mass is 16.2. The number of hydrogen-bond donors (Lipinski definition) is 1. The van der Waals surface area contributed by atoms with E-state index in [4.69, 9.17) is 0 Å². The molecule has 1 aliphatic heterocycles. The molecule has 0 spiro atoms. The van der Waals surface area contributed by atoms with Crippen LogP contribution in [0.15, 0.2) is 48.8 Å². The third-order valence-corrected chi connectivity index (χ3v) is 4.78. The number of carbonyl (C=O) groups is 3.